The van der Waals surface area contributed by atoms with Gasteiger partial charge in [0.15, 0.2) is 29.3 Å². The summed E-state index contributed by atoms with van der Waals surface area (Å²) in [5.74, 6) is -5.10. The van der Waals surface area contributed by atoms with Crippen molar-refractivity contribution in [3.8, 4) is 11.5 Å². The van der Waals surface area contributed by atoms with Gasteiger partial charge in [0.1, 0.15) is 18.6 Å². The lowest BCUT2D eigenvalue weighted by Gasteiger charge is -2.29. The number of ether oxygens (including phenoxy) is 4. The Labute approximate surface area is 214 Å². The van der Waals surface area contributed by atoms with Crippen LogP contribution in [0, 0.1) is 11.8 Å². The molecule has 1 saturated heterocycles. The molecule has 0 radical (unpaired) electrons. The molecule has 11 nitrogen and oxygen atoms in total. The van der Waals surface area contributed by atoms with E-state index in [1.807, 2.05) is 30.3 Å². The Morgan fingerprint density at radius 1 is 1.16 bits per heavy atom. The zero-order chi connectivity index (χ0) is 27.1. The Hall–Kier alpha value is -4.15. The molecule has 1 aromatic carbocycles. The van der Waals surface area contributed by atoms with E-state index in [-0.39, 0.29) is 12.2 Å². The van der Waals surface area contributed by atoms with Gasteiger partial charge in [0.2, 0.25) is 0 Å². The smallest absolute Gasteiger partial charge is 0.332 e. The minimum Gasteiger partial charge on any atom is -0.503 e. The predicted octanol–water partition coefficient (Wildman–Crippen LogP) is 1.81. The average molecular weight is 515 g/mol. The molecule has 1 aromatic heterocycles. The number of hydrogen-bond donors (Lipinski definition) is 2. The molecule has 3 rings (SSSR count). The molecule has 1 fully saturated rings. The molecule has 1 aliphatic rings. The third-order valence-corrected chi connectivity index (χ3v) is 5.79. The predicted molar refractivity (Wildman–Crippen MR) is 129 cm³/mol. The summed E-state index contributed by atoms with van der Waals surface area (Å²) in [6.07, 6.45) is -0.766. The van der Waals surface area contributed by atoms with Crippen LogP contribution in [0.4, 0.5) is 0 Å². The molecule has 2 heterocycles. The van der Waals surface area contributed by atoms with Crippen molar-refractivity contribution in [1.29, 1.82) is 0 Å². The van der Waals surface area contributed by atoms with Gasteiger partial charge in [0.25, 0.3) is 5.91 Å². The quantitative estimate of drug-likeness (QED) is 0.414. The van der Waals surface area contributed by atoms with Crippen LogP contribution in [0.3, 0.4) is 0 Å². The molecule has 1 amide bonds. The molecule has 0 bridgehead atoms. The Morgan fingerprint density at radius 2 is 1.86 bits per heavy atom. The van der Waals surface area contributed by atoms with Crippen molar-refractivity contribution in [3.05, 3.63) is 53.9 Å². The van der Waals surface area contributed by atoms with Gasteiger partial charge in [-0.2, -0.15) is 0 Å². The fraction of sp³-hybridized carbons (Fsp3) is 0.423. The maximum atomic E-state index is 13.2. The van der Waals surface area contributed by atoms with Crippen LogP contribution in [0.15, 0.2) is 42.6 Å². The Morgan fingerprint density at radius 3 is 2.51 bits per heavy atom. The van der Waals surface area contributed by atoms with Crippen molar-refractivity contribution in [1.82, 2.24) is 10.3 Å². The molecule has 2 aromatic rings. The van der Waals surface area contributed by atoms with Gasteiger partial charge in [-0.3, -0.25) is 14.4 Å². The molecule has 0 unspecified atom stereocenters. The first kappa shape index (κ1) is 27.4. The number of nitrogens with one attached hydrogen (secondary N) is 1. The standard InChI is InChI=1S/C26H30N2O9/c1-14(2)24(31)37-22-15(3)36-26(33)18(28-23(30)20-21(29)19(34-4)10-11-27-20)13-35-25(32)17(22)12-16-8-6-5-7-9-16/h5-11,14-15,17-18,22,29H,12-13H2,1-4H3,(H,28,30)/t15-,17+,18-,22+/m0/s1. The summed E-state index contributed by atoms with van der Waals surface area (Å²) >= 11 is 0. The first-order valence-corrected chi connectivity index (χ1v) is 11.8. The highest BCUT2D eigenvalue weighted by atomic mass is 16.6. The van der Waals surface area contributed by atoms with Crippen molar-refractivity contribution >= 4 is 23.8 Å². The topological polar surface area (TPSA) is 150 Å². The molecule has 0 saturated carbocycles. The number of carbonyl (C=O) groups excluding carboxylic acids is 4. The Kier molecular flexibility index (Phi) is 9.05. The highest BCUT2D eigenvalue weighted by Gasteiger charge is 2.42. The molecule has 2 N–H and O–H groups in total. The number of rotatable bonds is 7. The van der Waals surface area contributed by atoms with Crippen LogP contribution in [0.5, 0.6) is 11.5 Å². The summed E-state index contributed by atoms with van der Waals surface area (Å²) in [6.45, 7) is 4.25. The minimum absolute atomic E-state index is 0.0100. The normalized spacial score (nSPS) is 22.1. The number of amides is 1. The van der Waals surface area contributed by atoms with Gasteiger partial charge in [-0.15, -0.1) is 0 Å². The summed E-state index contributed by atoms with van der Waals surface area (Å²) in [5.41, 5.74) is 0.398. The summed E-state index contributed by atoms with van der Waals surface area (Å²) < 4.78 is 21.5. The monoisotopic (exact) mass is 514 g/mol. The second-order valence-electron chi connectivity index (χ2n) is 8.86. The summed E-state index contributed by atoms with van der Waals surface area (Å²) in [6, 6.07) is 9.01. The highest BCUT2D eigenvalue weighted by molar-refractivity contribution is 5.98. The van der Waals surface area contributed by atoms with Crippen LogP contribution in [-0.4, -0.2) is 65.9 Å². The first-order chi connectivity index (χ1) is 17.6. The van der Waals surface area contributed by atoms with Gasteiger partial charge in [-0.05, 0) is 18.9 Å². The lowest BCUT2D eigenvalue weighted by Crippen LogP contribution is -2.47. The number of benzene rings is 1. The number of hydrogen-bond acceptors (Lipinski definition) is 10. The average Bonchev–Trinajstić information content (AvgIpc) is 2.91. The number of aromatic hydroxyl groups is 1. The van der Waals surface area contributed by atoms with E-state index >= 15 is 0 Å². The maximum Gasteiger partial charge on any atom is 0.332 e. The van der Waals surface area contributed by atoms with Crippen molar-refractivity contribution in [2.75, 3.05) is 13.7 Å². The van der Waals surface area contributed by atoms with Crippen LogP contribution in [-0.2, 0) is 35.0 Å². The number of methoxy groups -OCH3 is 1. The molecule has 0 aliphatic carbocycles. The first-order valence-electron chi connectivity index (χ1n) is 11.8. The highest BCUT2D eigenvalue weighted by Crippen LogP contribution is 2.28. The van der Waals surface area contributed by atoms with E-state index in [9.17, 15) is 24.3 Å². The number of esters is 3. The van der Waals surface area contributed by atoms with Gasteiger partial charge < -0.3 is 29.4 Å². The zero-order valence-corrected chi connectivity index (χ0v) is 21.0. The molecular weight excluding hydrogens is 484 g/mol. The summed E-state index contributed by atoms with van der Waals surface area (Å²) in [7, 11) is 1.31. The van der Waals surface area contributed by atoms with Crippen LogP contribution < -0.4 is 10.1 Å². The van der Waals surface area contributed by atoms with Gasteiger partial charge in [-0.1, -0.05) is 44.2 Å². The van der Waals surface area contributed by atoms with Crippen LogP contribution in [0.1, 0.15) is 36.8 Å². The molecule has 11 heteroatoms. The second-order valence-corrected chi connectivity index (χ2v) is 8.86. The van der Waals surface area contributed by atoms with Crippen molar-refractivity contribution in [3.63, 3.8) is 0 Å². The summed E-state index contributed by atoms with van der Waals surface area (Å²) in [4.78, 5) is 55.3. The maximum absolute atomic E-state index is 13.2. The lowest BCUT2D eigenvalue weighted by atomic mass is 9.91. The van der Waals surface area contributed by atoms with E-state index < -0.39 is 72.0 Å². The third-order valence-electron chi connectivity index (χ3n) is 5.79. The van der Waals surface area contributed by atoms with Gasteiger partial charge in [-0.25, -0.2) is 9.78 Å². The van der Waals surface area contributed by atoms with E-state index in [2.05, 4.69) is 10.3 Å². The van der Waals surface area contributed by atoms with E-state index in [0.29, 0.717) is 0 Å². The van der Waals surface area contributed by atoms with Crippen LogP contribution in [0.2, 0.25) is 0 Å². The minimum atomic E-state index is -1.41. The van der Waals surface area contributed by atoms with Crippen molar-refractivity contribution < 1.29 is 43.2 Å². The lowest BCUT2D eigenvalue weighted by molar-refractivity contribution is -0.176. The molecule has 198 valence electrons. The molecular formula is C26H30N2O9. The van der Waals surface area contributed by atoms with Gasteiger partial charge in [0, 0.05) is 12.3 Å². The number of aromatic nitrogens is 1. The number of cyclic esters (lactones) is 2. The number of pyridine rings is 1. The summed E-state index contributed by atoms with van der Waals surface area (Å²) in [5, 5.41) is 12.6. The molecule has 37 heavy (non-hydrogen) atoms. The zero-order valence-electron chi connectivity index (χ0n) is 21.0. The van der Waals surface area contributed by atoms with E-state index in [4.69, 9.17) is 18.9 Å². The van der Waals surface area contributed by atoms with E-state index in [1.165, 1.54) is 26.3 Å². The molecule has 0 spiro atoms. The van der Waals surface area contributed by atoms with Crippen molar-refractivity contribution in [2.24, 2.45) is 11.8 Å². The van der Waals surface area contributed by atoms with Crippen LogP contribution >= 0.6 is 0 Å². The Bertz CT molecular complexity index is 1140. The molecule has 4 atom stereocenters. The van der Waals surface area contributed by atoms with E-state index in [1.54, 1.807) is 13.8 Å². The Balaban J connectivity index is 1.87. The SMILES string of the molecule is COc1ccnc(C(=O)N[C@H]2COC(=O)[C@H](Cc3ccccc3)[C@H](OC(=O)C(C)C)[C@H](C)OC2=O)c1O. The largest absolute Gasteiger partial charge is 0.503 e. The van der Waals surface area contributed by atoms with Crippen molar-refractivity contribution in [2.45, 2.75) is 45.4 Å². The third kappa shape index (κ3) is 6.75. The van der Waals surface area contributed by atoms with Gasteiger partial charge >= 0.3 is 17.9 Å². The van der Waals surface area contributed by atoms with Crippen LogP contribution in [0.25, 0.3) is 0 Å². The van der Waals surface area contributed by atoms with Gasteiger partial charge in [0.05, 0.1) is 13.0 Å². The second kappa shape index (κ2) is 12.2. The fourth-order valence-electron chi connectivity index (χ4n) is 3.74. The van der Waals surface area contributed by atoms with E-state index in [0.717, 1.165) is 5.56 Å². The number of carbonyl (C=O) groups is 4. The molecule has 1 aliphatic heterocycles. The number of nitrogens with zero attached hydrogens (tertiary/aromatic N) is 1. The fourth-order valence-corrected chi connectivity index (χ4v) is 3.74.